The van der Waals surface area contributed by atoms with E-state index in [1.807, 2.05) is 12.1 Å². The van der Waals surface area contributed by atoms with E-state index in [2.05, 4.69) is 10.3 Å². The van der Waals surface area contributed by atoms with Gasteiger partial charge in [-0.1, -0.05) is 49.6 Å². The van der Waals surface area contributed by atoms with Gasteiger partial charge in [0.05, 0.1) is 16.6 Å². The molecule has 0 radical (unpaired) electrons. The Hall–Kier alpha value is -4.40. The number of aromatic nitrogens is 1. The summed E-state index contributed by atoms with van der Waals surface area (Å²) in [5.74, 6) is -1.37. The number of carbonyl (C=O) groups excluding carboxylic acids is 1. The van der Waals surface area contributed by atoms with Gasteiger partial charge in [0.2, 0.25) is 0 Å². The van der Waals surface area contributed by atoms with Crippen molar-refractivity contribution >= 4 is 22.8 Å². The van der Waals surface area contributed by atoms with Crippen LogP contribution >= 0.6 is 0 Å². The van der Waals surface area contributed by atoms with Crippen LogP contribution in [-0.4, -0.2) is 33.1 Å². The number of rotatable bonds is 7. The molecule has 1 aliphatic carbocycles. The van der Waals surface area contributed by atoms with Gasteiger partial charge in [-0.2, -0.15) is 13.2 Å². The molecule has 1 atom stereocenters. The molecular weight excluding hydrogens is 533 g/mol. The number of carboxylic acid groups (broad SMARTS) is 1. The van der Waals surface area contributed by atoms with Crippen molar-refractivity contribution in [3.63, 3.8) is 0 Å². The van der Waals surface area contributed by atoms with E-state index in [-0.39, 0.29) is 45.4 Å². The lowest BCUT2D eigenvalue weighted by Crippen LogP contribution is -2.43. The van der Waals surface area contributed by atoms with Crippen molar-refractivity contribution < 1.29 is 33.0 Å². The lowest BCUT2D eigenvalue weighted by Gasteiger charge is -2.31. The zero-order chi connectivity index (χ0) is 29.1. The van der Waals surface area contributed by atoms with Gasteiger partial charge in [0, 0.05) is 11.4 Å². The first-order chi connectivity index (χ1) is 19.6. The smallest absolute Gasteiger partial charge is 0.416 e. The highest BCUT2D eigenvalue weighted by molar-refractivity contribution is 6.06. The molecule has 0 saturated heterocycles. The van der Waals surface area contributed by atoms with Crippen LogP contribution in [0.3, 0.4) is 0 Å². The molecule has 0 spiro atoms. The van der Waals surface area contributed by atoms with E-state index in [1.54, 1.807) is 18.2 Å². The molecule has 1 aliphatic rings. The second-order valence-corrected chi connectivity index (χ2v) is 10.5. The highest BCUT2D eigenvalue weighted by Crippen LogP contribution is 2.34. The SMILES string of the molecule is O=C(NC(Cc1ccc(O)cc1)C1CCCCC1)c1cc(C(=O)O)c2cc(-c3cccc(C(F)(F)F)c3)ccc2n1. The van der Waals surface area contributed by atoms with Crippen LogP contribution in [0.25, 0.3) is 22.0 Å². The number of phenolic OH excluding ortho intramolecular Hbond substituents is 1. The number of hydrogen-bond acceptors (Lipinski definition) is 4. The number of nitrogens with zero attached hydrogens (tertiary/aromatic N) is 1. The lowest BCUT2D eigenvalue weighted by atomic mass is 9.81. The van der Waals surface area contributed by atoms with Gasteiger partial charge in [-0.25, -0.2) is 9.78 Å². The Balaban J connectivity index is 1.46. The molecule has 3 N–H and O–H groups in total. The Morgan fingerprint density at radius 2 is 1.63 bits per heavy atom. The van der Waals surface area contributed by atoms with Gasteiger partial charge in [0.1, 0.15) is 11.4 Å². The molecule has 4 aromatic rings. The second kappa shape index (κ2) is 11.6. The van der Waals surface area contributed by atoms with Crippen LogP contribution in [0.1, 0.15) is 64.1 Å². The molecule has 1 aromatic heterocycles. The minimum atomic E-state index is -4.51. The number of amides is 1. The van der Waals surface area contributed by atoms with E-state index in [0.29, 0.717) is 12.0 Å². The van der Waals surface area contributed by atoms with E-state index in [1.165, 1.54) is 30.3 Å². The lowest BCUT2D eigenvalue weighted by molar-refractivity contribution is -0.137. The molecule has 0 bridgehead atoms. The summed E-state index contributed by atoms with van der Waals surface area (Å²) < 4.78 is 39.7. The van der Waals surface area contributed by atoms with E-state index in [9.17, 15) is 33.0 Å². The van der Waals surface area contributed by atoms with Crippen LogP contribution in [0.4, 0.5) is 13.2 Å². The molecular formula is C32H29F3N2O4. The summed E-state index contributed by atoms with van der Waals surface area (Å²) in [6.45, 7) is 0. The number of carbonyl (C=O) groups is 2. The highest BCUT2D eigenvalue weighted by Gasteiger charge is 2.31. The molecule has 212 valence electrons. The Bertz CT molecular complexity index is 1580. The first-order valence-electron chi connectivity index (χ1n) is 13.5. The minimum absolute atomic E-state index is 0.0479. The summed E-state index contributed by atoms with van der Waals surface area (Å²) in [7, 11) is 0. The van der Waals surface area contributed by atoms with Crippen molar-refractivity contribution in [2.24, 2.45) is 5.92 Å². The summed E-state index contributed by atoms with van der Waals surface area (Å²) in [5.41, 5.74) is 0.867. The fourth-order valence-electron chi connectivity index (χ4n) is 5.57. The molecule has 41 heavy (non-hydrogen) atoms. The second-order valence-electron chi connectivity index (χ2n) is 10.5. The number of halogens is 3. The number of aromatic hydroxyl groups is 1. The average Bonchev–Trinajstić information content (AvgIpc) is 2.97. The molecule has 1 unspecified atom stereocenters. The number of carboxylic acids is 1. The van der Waals surface area contributed by atoms with Crippen molar-refractivity contribution in [2.75, 3.05) is 0 Å². The summed E-state index contributed by atoms with van der Waals surface area (Å²) >= 11 is 0. The Morgan fingerprint density at radius 1 is 0.927 bits per heavy atom. The van der Waals surface area contributed by atoms with E-state index >= 15 is 0 Å². The maximum Gasteiger partial charge on any atom is 0.416 e. The van der Waals surface area contributed by atoms with Gasteiger partial charge in [0.25, 0.3) is 5.91 Å². The van der Waals surface area contributed by atoms with Crippen molar-refractivity contribution in [1.82, 2.24) is 10.3 Å². The summed E-state index contributed by atoms with van der Waals surface area (Å²) in [6, 6.07) is 17.2. The van der Waals surface area contributed by atoms with Crippen LogP contribution in [0, 0.1) is 5.92 Å². The van der Waals surface area contributed by atoms with Crippen LogP contribution in [0.2, 0.25) is 0 Å². The van der Waals surface area contributed by atoms with Crippen molar-refractivity contribution in [1.29, 1.82) is 0 Å². The number of phenols is 1. The topological polar surface area (TPSA) is 99.5 Å². The number of pyridine rings is 1. The zero-order valence-corrected chi connectivity index (χ0v) is 22.1. The third kappa shape index (κ3) is 6.51. The van der Waals surface area contributed by atoms with Gasteiger partial charge in [-0.3, -0.25) is 4.79 Å². The molecule has 3 aromatic carbocycles. The van der Waals surface area contributed by atoms with Crippen molar-refractivity contribution in [3.8, 4) is 16.9 Å². The number of nitrogens with one attached hydrogen (secondary N) is 1. The highest BCUT2D eigenvalue weighted by atomic mass is 19.4. The number of alkyl halides is 3. The van der Waals surface area contributed by atoms with E-state index in [4.69, 9.17) is 0 Å². The van der Waals surface area contributed by atoms with Crippen LogP contribution in [0.5, 0.6) is 5.75 Å². The van der Waals surface area contributed by atoms with Gasteiger partial charge in [0.15, 0.2) is 0 Å². The fourth-order valence-corrected chi connectivity index (χ4v) is 5.57. The van der Waals surface area contributed by atoms with Crippen LogP contribution < -0.4 is 5.32 Å². The molecule has 5 rings (SSSR count). The molecule has 1 heterocycles. The van der Waals surface area contributed by atoms with Gasteiger partial charge < -0.3 is 15.5 Å². The quantitative estimate of drug-likeness (QED) is 0.220. The monoisotopic (exact) mass is 562 g/mol. The van der Waals surface area contributed by atoms with Gasteiger partial charge in [-0.05, 0) is 84.3 Å². The number of aromatic carboxylic acids is 1. The molecule has 1 amide bonds. The summed E-state index contributed by atoms with van der Waals surface area (Å²) in [4.78, 5) is 30.1. The van der Waals surface area contributed by atoms with Gasteiger partial charge in [-0.15, -0.1) is 0 Å². The first-order valence-corrected chi connectivity index (χ1v) is 13.5. The maximum atomic E-state index is 13.5. The summed E-state index contributed by atoms with van der Waals surface area (Å²) in [5, 5.41) is 22.9. The first kappa shape index (κ1) is 28.1. The van der Waals surface area contributed by atoms with E-state index < -0.39 is 23.6 Å². The van der Waals surface area contributed by atoms with Crippen LogP contribution in [0.15, 0.2) is 72.8 Å². The molecule has 1 saturated carbocycles. The van der Waals surface area contributed by atoms with Crippen molar-refractivity contribution in [2.45, 2.75) is 50.7 Å². The predicted octanol–water partition coefficient (Wildman–Crippen LogP) is 7.25. The Kier molecular flexibility index (Phi) is 7.97. The standard InChI is InChI=1S/C32H29F3N2O4/c33-32(34,35)23-8-4-7-21(16-23)22-11-14-27-25(17-22)26(31(40)41)18-29(36-27)30(39)37-28(20-5-2-1-3-6-20)15-19-9-12-24(38)13-10-19/h4,7-14,16-18,20,28,38H,1-3,5-6,15H2,(H,37,39)(H,40,41). The number of fused-ring (bicyclic) bond motifs is 1. The molecule has 0 aliphatic heterocycles. The third-order valence-corrected chi connectivity index (χ3v) is 7.72. The predicted molar refractivity (Wildman–Crippen MR) is 149 cm³/mol. The third-order valence-electron chi connectivity index (χ3n) is 7.72. The van der Waals surface area contributed by atoms with E-state index in [0.717, 1.165) is 49.8 Å². The minimum Gasteiger partial charge on any atom is -0.508 e. The fraction of sp³-hybridized carbons (Fsp3) is 0.281. The van der Waals surface area contributed by atoms with Crippen LogP contribution in [-0.2, 0) is 12.6 Å². The summed E-state index contributed by atoms with van der Waals surface area (Å²) in [6.07, 6.45) is 1.25. The average molecular weight is 563 g/mol. The Morgan fingerprint density at radius 3 is 2.32 bits per heavy atom. The number of benzene rings is 3. The molecule has 9 heteroatoms. The maximum absolute atomic E-state index is 13.5. The molecule has 6 nitrogen and oxygen atoms in total. The zero-order valence-electron chi connectivity index (χ0n) is 22.1. The Labute approximate surface area is 234 Å². The van der Waals surface area contributed by atoms with Crippen molar-refractivity contribution in [3.05, 3.63) is 95.2 Å². The number of hydrogen-bond donors (Lipinski definition) is 3. The largest absolute Gasteiger partial charge is 0.508 e. The molecule has 1 fully saturated rings. The van der Waals surface area contributed by atoms with Gasteiger partial charge >= 0.3 is 12.1 Å². The normalized spacial score (nSPS) is 15.0.